The Balaban J connectivity index is 0.000000147. The van der Waals surface area contributed by atoms with Gasteiger partial charge >= 0.3 is 0 Å². The molecule has 8 aromatic carbocycles. The Kier molecular flexibility index (Phi) is 25.1. The third kappa shape index (κ3) is 21.7. The van der Waals surface area contributed by atoms with Crippen molar-refractivity contribution in [2.45, 2.75) is 336 Å². The maximum absolute atomic E-state index is 8.87. The van der Waals surface area contributed by atoms with Crippen LogP contribution in [-0.2, 0) is 64.7 Å². The lowest BCUT2D eigenvalue weighted by molar-refractivity contribution is -0.665. The average Bonchev–Trinajstić information content (AvgIpc) is 1.33. The number of hydrogen-bond donors (Lipinski definition) is 0. The molecule has 0 amide bonds. The molecule has 650 valence electrons. The second-order valence-corrected chi connectivity index (χ2v) is 45.5. The summed E-state index contributed by atoms with van der Waals surface area (Å²) in [5.41, 5.74) is 33.1. The molecule has 0 radical (unpaired) electrons. The summed E-state index contributed by atoms with van der Waals surface area (Å²) in [6, 6.07) is 50.3. The van der Waals surface area contributed by atoms with Gasteiger partial charge in [0.05, 0.1) is 43.7 Å². The van der Waals surface area contributed by atoms with Crippen LogP contribution in [-0.4, -0.2) is 0 Å². The quantitative estimate of drug-likeness (QED) is 0.108. The topological polar surface area (TPSA) is 15.5 Å². The number of aryl methyl sites for hydroxylation is 2. The van der Waals surface area contributed by atoms with Crippen molar-refractivity contribution in [2.75, 3.05) is 0 Å². The van der Waals surface area contributed by atoms with Crippen LogP contribution in [0.4, 0.5) is 0 Å². The number of pyridine rings is 4. The maximum Gasteiger partial charge on any atom is 0.220 e. The number of aromatic nitrogens is 4. The van der Waals surface area contributed by atoms with E-state index in [4.69, 9.17) is 8.22 Å². The van der Waals surface area contributed by atoms with E-state index in [-0.39, 0.29) is 38.7 Å². The van der Waals surface area contributed by atoms with Crippen molar-refractivity contribution in [3.8, 4) is 45.0 Å². The number of fused-ring (bicyclic) bond motifs is 4. The van der Waals surface area contributed by atoms with E-state index in [9.17, 15) is 0 Å². The van der Waals surface area contributed by atoms with Gasteiger partial charge in [-0.15, -0.1) is 0 Å². The molecule has 4 aliphatic rings. The van der Waals surface area contributed by atoms with Gasteiger partial charge < -0.3 is 0 Å². The molecule has 4 heterocycles. The molecule has 4 aromatic heterocycles. The van der Waals surface area contributed by atoms with Gasteiger partial charge in [0.25, 0.3) is 0 Å². The summed E-state index contributed by atoms with van der Waals surface area (Å²) in [5.74, 6) is 2.73. The smallest absolute Gasteiger partial charge is 0.200 e. The van der Waals surface area contributed by atoms with Crippen LogP contribution in [0, 0.1) is 70.1 Å². The van der Waals surface area contributed by atoms with Gasteiger partial charge in [0.2, 0.25) is 22.8 Å². The molecule has 4 fully saturated rings. The first-order chi connectivity index (χ1) is 60.3. The predicted molar refractivity (Wildman–Crippen MR) is 530 cm³/mol. The van der Waals surface area contributed by atoms with E-state index >= 15 is 0 Å². The lowest BCUT2D eigenvalue weighted by atomic mass is 9.76. The van der Waals surface area contributed by atoms with E-state index in [0.29, 0.717) is 54.0 Å². The van der Waals surface area contributed by atoms with E-state index in [1.807, 2.05) is 23.2 Å². The SMILES string of the molecule is [2H]c1c(C)[n+](C)c(-c2cc(C3CCCC3)cc(C)c2C)c2ccc(CC(C)(C)C)cc12.[2H]c1c(C)[n+](C)c(-c2cc(C3CCCC3)ccc2C)c2ccc(CC(C)(C)C)cc12.[2H]c1c([2H])[n+](C)c(-c2cc(C(C)(C)C)cc(C(C)(C)C)c2C)c2ccc(CC(C)(C)C)cc12.[2H]c1c([2H])[n+](C)c(-c2cc(C3CCCC3)cc(C3CCCC3)c2C)c2ccc(CC(C)(C)C)cc12. The zero-order chi connectivity index (χ0) is 94.1. The van der Waals surface area contributed by atoms with E-state index in [1.54, 1.807) is 5.56 Å². The van der Waals surface area contributed by atoms with Crippen molar-refractivity contribution < 1.29 is 26.5 Å². The minimum atomic E-state index is 0.00745. The summed E-state index contributed by atoms with van der Waals surface area (Å²) in [6.07, 6.45) is 25.7. The Hall–Kier alpha value is -8.60. The van der Waals surface area contributed by atoms with E-state index in [0.717, 1.165) is 86.3 Å². The molecule has 0 saturated heterocycles. The molecule has 0 bridgehead atoms. The fraction of sp³-hybridized carbons (Fsp3) is 0.496. The van der Waals surface area contributed by atoms with Crippen LogP contribution < -0.4 is 18.3 Å². The molecule has 4 aliphatic carbocycles. The molecule has 0 spiro atoms. The van der Waals surface area contributed by atoms with Gasteiger partial charge in [0.1, 0.15) is 30.9 Å². The van der Waals surface area contributed by atoms with Crippen molar-refractivity contribution in [1.82, 2.24) is 0 Å². The standard InChI is InChI=1S/C32H42N.C30H42N.C29H38N.C28H36N/c1-22-29(25-12-8-9-13-25)19-27(24-10-6-7-11-24)20-30(22)31-28-15-14-23(21-32(2,3)4)18-26(28)16-17-33(31)5;1-20-25(17-23(29(5,6)7)18-26(20)30(8,9)10)27-24-13-12-21(19-28(2,3)4)16-22(24)14-15-31(27)11;1-19-14-24(23-10-8-9-11-23)17-27(21(19)3)28-26-13-12-22(18-29(4,5)6)16-25(26)15-20(2)30(28)7;1-19-11-13-23(22-9-7-8-10-22)17-26(19)27-25-14-12-21(18-28(3,4)5)16-24(25)15-20(2)29(27)6/h14-20,24-25H,6-13,21H2,1-5H3;12-18H,19H2,1-11H3;12-17,23H,8-11,18H2,1-7H3;11-17,22H,7-10,18H2,1-6H3/q4*+1/i16D,17D;14D,15D;2*15D. The third-order valence-corrected chi connectivity index (χ3v) is 27.8. The van der Waals surface area contributed by atoms with Crippen molar-refractivity contribution in [3.05, 3.63) is 259 Å². The molecule has 0 atom stereocenters. The molecule has 0 N–H and O–H groups in total. The van der Waals surface area contributed by atoms with Crippen molar-refractivity contribution in [3.63, 3.8) is 0 Å². The van der Waals surface area contributed by atoms with E-state index in [2.05, 4.69) is 324 Å². The zero-order valence-electron chi connectivity index (χ0n) is 87.9. The maximum atomic E-state index is 8.87. The van der Waals surface area contributed by atoms with Gasteiger partial charge in [-0.25, -0.2) is 9.13 Å². The lowest BCUT2D eigenvalue weighted by Gasteiger charge is -2.28. The number of nitrogens with zero attached hydrogens (tertiary/aromatic N) is 4. The van der Waals surface area contributed by atoms with Crippen molar-refractivity contribution >= 4 is 43.1 Å². The van der Waals surface area contributed by atoms with Crippen molar-refractivity contribution in [1.29, 1.82) is 0 Å². The molecule has 4 saturated carbocycles. The van der Waals surface area contributed by atoms with Crippen LogP contribution in [0.5, 0.6) is 0 Å². The highest BCUT2D eigenvalue weighted by atomic mass is 15.0. The molecule has 16 rings (SSSR count). The Morgan fingerprint density at radius 2 is 0.650 bits per heavy atom. The Labute approximate surface area is 754 Å². The van der Waals surface area contributed by atoms with Gasteiger partial charge in [-0.1, -0.05) is 255 Å². The molecule has 123 heavy (non-hydrogen) atoms. The van der Waals surface area contributed by atoms with Gasteiger partial charge in [-0.3, -0.25) is 0 Å². The molecule has 12 aromatic rings. The van der Waals surface area contributed by atoms with Crippen molar-refractivity contribution in [2.24, 2.45) is 49.9 Å². The zero-order valence-corrected chi connectivity index (χ0v) is 81.9. The van der Waals surface area contributed by atoms with Crippen LogP contribution in [0.15, 0.2) is 164 Å². The Morgan fingerprint density at radius 1 is 0.309 bits per heavy atom. The summed E-state index contributed by atoms with van der Waals surface area (Å²) in [4.78, 5) is 0. The van der Waals surface area contributed by atoms with Crippen LogP contribution in [0.2, 0.25) is 0 Å². The third-order valence-electron chi connectivity index (χ3n) is 27.8. The number of rotatable bonds is 12. The minimum Gasteiger partial charge on any atom is -0.200 e. The fourth-order valence-electron chi connectivity index (χ4n) is 21.2. The Morgan fingerprint density at radius 3 is 1.04 bits per heavy atom. The molecule has 4 heteroatoms. The molecule has 0 unspecified atom stereocenters. The normalized spacial score (nSPS) is 16.2. The van der Waals surface area contributed by atoms with E-state index < -0.39 is 0 Å². The molecule has 0 aliphatic heterocycles. The van der Waals surface area contributed by atoms with Crippen LogP contribution in [0.25, 0.3) is 88.1 Å². The average molecular weight is 1650 g/mol. The summed E-state index contributed by atoms with van der Waals surface area (Å²) < 4.78 is 61.2. The van der Waals surface area contributed by atoms with Crippen LogP contribution >= 0.6 is 0 Å². The second-order valence-electron chi connectivity index (χ2n) is 45.5. The van der Waals surface area contributed by atoms with E-state index in [1.165, 1.54) is 219 Å². The summed E-state index contributed by atoms with van der Waals surface area (Å²) in [6.45, 7) is 56.1. The molecular weight excluding hydrogens is 1490 g/mol. The highest BCUT2D eigenvalue weighted by Crippen LogP contribution is 2.47. The largest absolute Gasteiger partial charge is 0.220 e. The monoisotopic (exact) mass is 1650 g/mol. The van der Waals surface area contributed by atoms with Crippen LogP contribution in [0.3, 0.4) is 0 Å². The first-order valence-electron chi connectivity index (χ1n) is 50.5. The first kappa shape index (κ1) is 83.9. The molecular formula is C119H158N4+4. The fourth-order valence-corrected chi connectivity index (χ4v) is 21.2. The highest BCUT2D eigenvalue weighted by molar-refractivity contribution is 5.98. The summed E-state index contributed by atoms with van der Waals surface area (Å²) >= 11 is 0. The Bertz CT molecular complexity index is 6230. The predicted octanol–water partition coefficient (Wildman–Crippen LogP) is 31.1. The lowest BCUT2D eigenvalue weighted by Crippen LogP contribution is -2.35. The van der Waals surface area contributed by atoms with Gasteiger partial charge in [-0.05, 0) is 321 Å². The first-order valence-corrected chi connectivity index (χ1v) is 47.5. The highest BCUT2D eigenvalue weighted by Gasteiger charge is 2.33. The summed E-state index contributed by atoms with van der Waals surface area (Å²) in [5, 5.41) is 8.48. The van der Waals surface area contributed by atoms with Gasteiger partial charge in [0.15, 0.2) is 23.7 Å². The van der Waals surface area contributed by atoms with Gasteiger partial charge in [0, 0.05) is 43.6 Å². The second kappa shape index (κ2) is 36.8. The molecule has 4 nitrogen and oxygen atoms in total. The van der Waals surface area contributed by atoms with Crippen LogP contribution in [0.1, 0.15) is 354 Å². The number of benzene rings is 8. The summed E-state index contributed by atoms with van der Waals surface area (Å²) in [7, 11) is 8.16. The van der Waals surface area contributed by atoms with Gasteiger partial charge in [-0.2, -0.15) is 9.13 Å². The number of hydrogen-bond acceptors (Lipinski definition) is 0. The minimum absolute atomic E-state index is 0.00745.